The van der Waals surface area contributed by atoms with E-state index in [4.69, 9.17) is 10.2 Å². The smallest absolute Gasteiger partial charge is 0.328 e. The minimum Gasteiger partial charge on any atom is -0.480 e. The Kier molecular flexibility index (Phi) is 4.70. The highest BCUT2D eigenvalue weighted by Gasteiger charge is 2.25. The van der Waals surface area contributed by atoms with Crippen LogP contribution in [-0.4, -0.2) is 53.4 Å². The average molecular weight is 245 g/mol. The lowest BCUT2D eigenvalue weighted by molar-refractivity contribution is -0.140. The van der Waals surface area contributed by atoms with Crippen LogP contribution in [-0.2, 0) is 9.59 Å². The van der Waals surface area contributed by atoms with E-state index in [0.29, 0.717) is 13.0 Å². The normalized spacial score (nSPS) is 21.2. The molecule has 1 aliphatic rings. The lowest BCUT2D eigenvalue weighted by atomic mass is 10.1. The summed E-state index contributed by atoms with van der Waals surface area (Å²) in [6, 6.07) is -2.81. The van der Waals surface area contributed by atoms with E-state index in [1.54, 1.807) is 0 Å². The summed E-state index contributed by atoms with van der Waals surface area (Å²) in [6.45, 7) is -0.132. The quantitative estimate of drug-likeness (QED) is 0.392. The molecule has 0 bridgehead atoms. The number of piperidine rings is 1. The molecule has 1 rings (SSSR count). The van der Waals surface area contributed by atoms with Gasteiger partial charge in [0.15, 0.2) is 6.04 Å². The van der Waals surface area contributed by atoms with Gasteiger partial charge < -0.3 is 26.2 Å². The monoisotopic (exact) mass is 245 g/mol. The molecule has 0 spiro atoms. The second-order valence-corrected chi connectivity index (χ2v) is 3.68. The van der Waals surface area contributed by atoms with Crippen LogP contribution in [0.25, 0.3) is 0 Å². The fraction of sp³-hybridized carbons (Fsp3) is 0.667. The summed E-state index contributed by atoms with van der Waals surface area (Å²) in [4.78, 5) is 33.2. The second kappa shape index (κ2) is 6.04. The highest BCUT2D eigenvalue weighted by molar-refractivity contribution is 5.89. The fourth-order valence-electron chi connectivity index (χ4n) is 1.45. The first-order valence-electron chi connectivity index (χ1n) is 5.23. The number of nitrogens with one attached hydrogen (secondary N) is 3. The Morgan fingerprint density at radius 2 is 2.24 bits per heavy atom. The zero-order valence-electron chi connectivity index (χ0n) is 9.10. The Morgan fingerprint density at radius 1 is 1.53 bits per heavy atom. The highest BCUT2D eigenvalue weighted by Crippen LogP contribution is 2.02. The average Bonchev–Trinajstić information content (AvgIpc) is 2.28. The summed E-state index contributed by atoms with van der Waals surface area (Å²) in [7, 11) is 0. The lowest BCUT2D eigenvalue weighted by Crippen LogP contribution is -2.55. The molecule has 1 heterocycles. The van der Waals surface area contributed by atoms with E-state index in [9.17, 15) is 14.4 Å². The highest BCUT2D eigenvalue weighted by atomic mass is 16.4. The van der Waals surface area contributed by atoms with Gasteiger partial charge in [-0.1, -0.05) is 0 Å². The third-order valence-electron chi connectivity index (χ3n) is 2.38. The number of aliphatic hydroxyl groups is 1. The predicted molar refractivity (Wildman–Crippen MR) is 56.2 cm³/mol. The summed E-state index contributed by atoms with van der Waals surface area (Å²) in [6.07, 6.45) is 1.26. The third-order valence-corrected chi connectivity index (χ3v) is 2.38. The molecule has 2 atom stereocenters. The Balaban J connectivity index is 2.42. The number of amides is 3. The van der Waals surface area contributed by atoms with E-state index in [1.165, 1.54) is 0 Å². The number of rotatable bonds is 4. The molecule has 0 aliphatic carbocycles. The number of aliphatic hydroxyl groups excluding tert-OH is 1. The fourth-order valence-corrected chi connectivity index (χ4v) is 1.45. The standard InChI is InChI=1S/C9H15N3O5/c13-4-6(8(15)16)12-9(17)11-5-2-1-3-10-7(5)14/h5-6,13H,1-4H2,(H,10,14)(H,15,16)(H2,11,12,17)/t5?,6-/m0/s1. The maximum atomic E-state index is 11.4. The molecule has 3 amide bonds. The van der Waals surface area contributed by atoms with Gasteiger partial charge in [0.2, 0.25) is 5.91 Å². The van der Waals surface area contributed by atoms with Crippen LogP contribution in [0.2, 0.25) is 0 Å². The van der Waals surface area contributed by atoms with Gasteiger partial charge in [0, 0.05) is 6.54 Å². The Morgan fingerprint density at radius 3 is 2.76 bits per heavy atom. The van der Waals surface area contributed by atoms with Crippen molar-refractivity contribution >= 4 is 17.9 Å². The van der Waals surface area contributed by atoms with Gasteiger partial charge in [-0.25, -0.2) is 9.59 Å². The van der Waals surface area contributed by atoms with Crippen LogP contribution in [0.4, 0.5) is 4.79 Å². The lowest BCUT2D eigenvalue weighted by Gasteiger charge is -2.23. The molecule has 1 unspecified atom stereocenters. The molecular formula is C9H15N3O5. The first-order valence-corrected chi connectivity index (χ1v) is 5.23. The molecule has 1 aliphatic heterocycles. The van der Waals surface area contributed by atoms with Crippen molar-refractivity contribution in [3.63, 3.8) is 0 Å². The van der Waals surface area contributed by atoms with Crippen molar-refractivity contribution in [2.75, 3.05) is 13.2 Å². The van der Waals surface area contributed by atoms with Gasteiger partial charge in [-0.3, -0.25) is 4.79 Å². The number of urea groups is 1. The molecule has 8 nitrogen and oxygen atoms in total. The van der Waals surface area contributed by atoms with Crippen molar-refractivity contribution in [3.05, 3.63) is 0 Å². The number of carboxylic acids is 1. The SMILES string of the molecule is O=C(NC1CCCNC1=O)N[C@@H](CO)C(=O)O. The molecular weight excluding hydrogens is 230 g/mol. The summed E-state index contributed by atoms with van der Waals surface area (Å²) < 4.78 is 0. The Hall–Kier alpha value is -1.83. The zero-order chi connectivity index (χ0) is 12.8. The third kappa shape index (κ3) is 3.91. The number of carboxylic acid groups (broad SMARTS) is 1. The topological polar surface area (TPSA) is 128 Å². The van der Waals surface area contributed by atoms with E-state index in [1.807, 2.05) is 0 Å². The number of hydrogen-bond donors (Lipinski definition) is 5. The van der Waals surface area contributed by atoms with Crippen LogP contribution in [0.3, 0.4) is 0 Å². The van der Waals surface area contributed by atoms with Crippen molar-refractivity contribution < 1.29 is 24.6 Å². The number of hydrogen-bond acceptors (Lipinski definition) is 4. The van der Waals surface area contributed by atoms with E-state index >= 15 is 0 Å². The zero-order valence-corrected chi connectivity index (χ0v) is 9.10. The van der Waals surface area contributed by atoms with Crippen LogP contribution in [0.15, 0.2) is 0 Å². The van der Waals surface area contributed by atoms with E-state index < -0.39 is 30.7 Å². The molecule has 96 valence electrons. The van der Waals surface area contributed by atoms with Gasteiger partial charge >= 0.3 is 12.0 Å². The number of carbonyl (C=O) groups is 3. The molecule has 1 fully saturated rings. The summed E-state index contributed by atoms with van der Waals surface area (Å²) in [5.74, 6) is -1.63. The van der Waals surface area contributed by atoms with E-state index in [0.717, 1.165) is 6.42 Å². The van der Waals surface area contributed by atoms with Gasteiger partial charge in [0.1, 0.15) is 6.04 Å². The summed E-state index contributed by atoms with van der Waals surface area (Å²) in [5, 5.41) is 24.3. The molecule has 1 saturated heterocycles. The molecule has 0 aromatic rings. The maximum absolute atomic E-state index is 11.4. The van der Waals surface area contributed by atoms with Gasteiger partial charge in [0.25, 0.3) is 0 Å². The molecule has 0 saturated carbocycles. The minimum absolute atomic E-state index is 0.290. The van der Waals surface area contributed by atoms with Crippen LogP contribution in [0, 0.1) is 0 Å². The number of carbonyl (C=O) groups excluding carboxylic acids is 2. The van der Waals surface area contributed by atoms with Crippen LogP contribution < -0.4 is 16.0 Å². The van der Waals surface area contributed by atoms with Crippen molar-refractivity contribution in [1.29, 1.82) is 0 Å². The second-order valence-electron chi connectivity index (χ2n) is 3.68. The van der Waals surface area contributed by atoms with Gasteiger partial charge in [-0.05, 0) is 12.8 Å². The van der Waals surface area contributed by atoms with E-state index in [-0.39, 0.29) is 5.91 Å². The molecule has 0 aromatic carbocycles. The molecule has 0 aromatic heterocycles. The van der Waals surface area contributed by atoms with Gasteiger partial charge in [-0.2, -0.15) is 0 Å². The van der Waals surface area contributed by atoms with E-state index in [2.05, 4.69) is 16.0 Å². The number of aliphatic carboxylic acids is 1. The van der Waals surface area contributed by atoms with Crippen molar-refractivity contribution in [1.82, 2.24) is 16.0 Å². The van der Waals surface area contributed by atoms with Gasteiger partial charge in [0.05, 0.1) is 6.61 Å². The first kappa shape index (κ1) is 13.2. The van der Waals surface area contributed by atoms with Crippen molar-refractivity contribution in [2.24, 2.45) is 0 Å². The molecule has 0 radical (unpaired) electrons. The Bertz CT molecular complexity index is 320. The molecule has 5 N–H and O–H groups in total. The predicted octanol–water partition coefficient (Wildman–Crippen LogP) is -1.99. The van der Waals surface area contributed by atoms with Gasteiger partial charge in [-0.15, -0.1) is 0 Å². The Labute approximate surface area is 97.4 Å². The summed E-state index contributed by atoms with van der Waals surface area (Å²) >= 11 is 0. The van der Waals surface area contributed by atoms with Crippen LogP contribution >= 0.6 is 0 Å². The largest absolute Gasteiger partial charge is 0.480 e. The molecule has 17 heavy (non-hydrogen) atoms. The maximum Gasteiger partial charge on any atom is 0.328 e. The van der Waals surface area contributed by atoms with Crippen LogP contribution in [0.5, 0.6) is 0 Å². The minimum atomic E-state index is -1.37. The molecule has 8 heteroatoms. The van der Waals surface area contributed by atoms with Crippen LogP contribution in [0.1, 0.15) is 12.8 Å². The summed E-state index contributed by atoms with van der Waals surface area (Å²) in [5.41, 5.74) is 0. The van der Waals surface area contributed by atoms with Crippen molar-refractivity contribution in [3.8, 4) is 0 Å². The first-order chi connectivity index (χ1) is 8.04. The van der Waals surface area contributed by atoms with Crippen molar-refractivity contribution in [2.45, 2.75) is 24.9 Å².